The van der Waals surface area contributed by atoms with Crippen molar-refractivity contribution in [1.29, 1.82) is 0 Å². The standard InChI is InChI=1S/C16H24ClNO2.C2H2O4/c1-13-11-18(12-14(2)20-13)8-3-4-9-19-16-7-5-6-15(17)10-16;3-1(4)2(5)6/h5-7,10,13-14H,3-4,8-9,11-12H2,1-2H3;(H,3,4)(H,5,6). The van der Waals surface area contributed by atoms with Crippen LogP contribution in [0.25, 0.3) is 0 Å². The number of carbonyl (C=O) groups is 2. The highest BCUT2D eigenvalue weighted by Crippen LogP contribution is 2.17. The molecule has 1 fully saturated rings. The van der Waals surface area contributed by atoms with Crippen LogP contribution in [0.2, 0.25) is 5.02 Å². The van der Waals surface area contributed by atoms with E-state index in [2.05, 4.69) is 18.7 Å². The quantitative estimate of drug-likeness (QED) is 0.572. The molecular formula is C18H26ClNO6. The number of nitrogens with zero attached hydrogens (tertiary/aromatic N) is 1. The van der Waals surface area contributed by atoms with Crippen LogP contribution in [0.4, 0.5) is 0 Å². The summed E-state index contributed by atoms with van der Waals surface area (Å²) in [6, 6.07) is 7.56. The van der Waals surface area contributed by atoms with Crippen LogP contribution in [-0.2, 0) is 14.3 Å². The molecule has 7 nitrogen and oxygen atoms in total. The van der Waals surface area contributed by atoms with Gasteiger partial charge in [-0.3, -0.25) is 4.90 Å². The summed E-state index contributed by atoms with van der Waals surface area (Å²) in [6.07, 6.45) is 2.91. The van der Waals surface area contributed by atoms with Crippen molar-refractivity contribution in [1.82, 2.24) is 4.90 Å². The van der Waals surface area contributed by atoms with E-state index >= 15 is 0 Å². The van der Waals surface area contributed by atoms with E-state index in [4.69, 9.17) is 40.9 Å². The van der Waals surface area contributed by atoms with Gasteiger partial charge in [-0.2, -0.15) is 0 Å². The largest absolute Gasteiger partial charge is 0.494 e. The van der Waals surface area contributed by atoms with Crippen molar-refractivity contribution in [2.45, 2.75) is 38.9 Å². The summed E-state index contributed by atoms with van der Waals surface area (Å²) in [6.45, 7) is 8.24. The van der Waals surface area contributed by atoms with E-state index in [1.165, 1.54) is 0 Å². The number of morpholine rings is 1. The third-order valence-electron chi connectivity index (χ3n) is 3.61. The molecule has 1 aromatic rings. The maximum Gasteiger partial charge on any atom is 0.414 e. The molecule has 1 aliphatic rings. The number of ether oxygens (including phenoxy) is 2. The van der Waals surface area contributed by atoms with Crippen molar-refractivity contribution in [3.63, 3.8) is 0 Å². The molecule has 0 saturated carbocycles. The SMILES string of the molecule is CC1CN(CCCCOc2cccc(Cl)c2)CC(C)O1.O=C(O)C(=O)O. The number of aliphatic carboxylic acids is 2. The second kappa shape index (κ2) is 11.7. The zero-order valence-corrected chi connectivity index (χ0v) is 15.8. The minimum Gasteiger partial charge on any atom is -0.494 e. The number of carboxylic acids is 2. The fourth-order valence-corrected chi connectivity index (χ4v) is 2.83. The van der Waals surface area contributed by atoms with E-state index in [1.54, 1.807) is 0 Å². The van der Waals surface area contributed by atoms with Crippen LogP contribution < -0.4 is 4.74 Å². The lowest BCUT2D eigenvalue weighted by Gasteiger charge is -2.35. The number of hydrogen-bond acceptors (Lipinski definition) is 5. The van der Waals surface area contributed by atoms with Crippen LogP contribution in [0.3, 0.4) is 0 Å². The van der Waals surface area contributed by atoms with Crippen LogP contribution in [0.5, 0.6) is 5.75 Å². The van der Waals surface area contributed by atoms with Crippen LogP contribution in [0, 0.1) is 0 Å². The van der Waals surface area contributed by atoms with E-state index < -0.39 is 11.9 Å². The highest BCUT2D eigenvalue weighted by atomic mass is 35.5. The monoisotopic (exact) mass is 387 g/mol. The molecular weight excluding hydrogens is 362 g/mol. The van der Waals surface area contributed by atoms with E-state index in [1.807, 2.05) is 24.3 Å². The van der Waals surface area contributed by atoms with E-state index in [-0.39, 0.29) is 0 Å². The molecule has 2 N–H and O–H groups in total. The van der Waals surface area contributed by atoms with Crippen LogP contribution in [0.1, 0.15) is 26.7 Å². The number of carboxylic acid groups (broad SMARTS) is 2. The first-order valence-corrected chi connectivity index (χ1v) is 8.88. The van der Waals surface area contributed by atoms with Gasteiger partial charge in [0, 0.05) is 18.1 Å². The molecule has 2 atom stereocenters. The Bertz CT molecular complexity index is 561. The molecule has 1 saturated heterocycles. The first-order valence-electron chi connectivity index (χ1n) is 8.50. The van der Waals surface area contributed by atoms with Gasteiger partial charge in [-0.1, -0.05) is 17.7 Å². The number of rotatable bonds is 6. The Kier molecular flexibility index (Phi) is 10.0. The minimum absolute atomic E-state index is 0.349. The third-order valence-corrected chi connectivity index (χ3v) is 3.85. The Labute approximate surface area is 158 Å². The number of halogens is 1. The van der Waals surface area contributed by atoms with Gasteiger partial charge in [0.05, 0.1) is 18.8 Å². The summed E-state index contributed by atoms with van der Waals surface area (Å²) in [5.41, 5.74) is 0. The lowest BCUT2D eigenvalue weighted by atomic mass is 10.2. The van der Waals surface area contributed by atoms with Gasteiger partial charge in [0.1, 0.15) is 5.75 Å². The molecule has 26 heavy (non-hydrogen) atoms. The van der Waals surface area contributed by atoms with Crippen molar-refractivity contribution in [3.05, 3.63) is 29.3 Å². The second-order valence-electron chi connectivity index (χ2n) is 6.14. The average Bonchev–Trinajstić information content (AvgIpc) is 2.54. The summed E-state index contributed by atoms with van der Waals surface area (Å²) in [5.74, 6) is -2.80. The Hall–Kier alpha value is -1.83. The number of hydrogen-bond donors (Lipinski definition) is 2. The lowest BCUT2D eigenvalue weighted by molar-refractivity contribution is -0.159. The molecule has 2 rings (SSSR count). The molecule has 0 aromatic heterocycles. The molecule has 1 aromatic carbocycles. The molecule has 2 unspecified atom stereocenters. The molecule has 0 amide bonds. The Morgan fingerprint density at radius 3 is 2.35 bits per heavy atom. The zero-order chi connectivity index (χ0) is 19.5. The van der Waals surface area contributed by atoms with Gasteiger partial charge >= 0.3 is 11.9 Å². The summed E-state index contributed by atoms with van der Waals surface area (Å²) in [4.78, 5) is 20.7. The molecule has 0 radical (unpaired) electrons. The minimum atomic E-state index is -1.82. The van der Waals surface area contributed by atoms with Crippen molar-refractivity contribution in [2.24, 2.45) is 0 Å². The fraction of sp³-hybridized carbons (Fsp3) is 0.556. The van der Waals surface area contributed by atoms with Gasteiger partial charge in [-0.05, 0) is 51.4 Å². The molecule has 1 heterocycles. The molecule has 8 heteroatoms. The normalized spacial score (nSPS) is 20.0. The fourth-order valence-electron chi connectivity index (χ4n) is 2.65. The highest BCUT2D eigenvalue weighted by molar-refractivity contribution is 6.30. The average molecular weight is 388 g/mol. The topological polar surface area (TPSA) is 96.3 Å². The van der Waals surface area contributed by atoms with E-state index in [9.17, 15) is 0 Å². The van der Waals surface area contributed by atoms with Gasteiger partial charge in [0.15, 0.2) is 0 Å². The molecule has 1 aliphatic heterocycles. The molecule has 0 bridgehead atoms. The van der Waals surface area contributed by atoms with E-state index in [0.29, 0.717) is 12.2 Å². The van der Waals surface area contributed by atoms with Gasteiger partial charge in [0.25, 0.3) is 0 Å². The third kappa shape index (κ3) is 9.60. The summed E-state index contributed by atoms with van der Waals surface area (Å²) < 4.78 is 11.4. The maximum absolute atomic E-state index is 9.10. The van der Waals surface area contributed by atoms with E-state index in [0.717, 1.165) is 49.9 Å². The number of benzene rings is 1. The predicted molar refractivity (Wildman–Crippen MR) is 97.9 cm³/mol. The van der Waals surface area contributed by atoms with Crippen LogP contribution in [-0.4, -0.2) is 65.5 Å². The van der Waals surface area contributed by atoms with Crippen molar-refractivity contribution < 1.29 is 29.3 Å². The summed E-state index contributed by atoms with van der Waals surface area (Å²) >= 11 is 5.92. The Morgan fingerprint density at radius 1 is 1.19 bits per heavy atom. The van der Waals surface area contributed by atoms with Gasteiger partial charge in [-0.15, -0.1) is 0 Å². The van der Waals surface area contributed by atoms with Crippen molar-refractivity contribution in [2.75, 3.05) is 26.2 Å². The Morgan fingerprint density at radius 2 is 1.81 bits per heavy atom. The second-order valence-corrected chi connectivity index (χ2v) is 6.58. The van der Waals surface area contributed by atoms with Crippen LogP contribution >= 0.6 is 11.6 Å². The molecule has 0 aliphatic carbocycles. The van der Waals surface area contributed by atoms with Gasteiger partial charge in [0.2, 0.25) is 0 Å². The Balaban J connectivity index is 0.000000487. The zero-order valence-electron chi connectivity index (χ0n) is 15.1. The highest BCUT2D eigenvalue weighted by Gasteiger charge is 2.21. The lowest BCUT2D eigenvalue weighted by Crippen LogP contribution is -2.45. The summed E-state index contributed by atoms with van der Waals surface area (Å²) in [5, 5.41) is 15.5. The number of unbranched alkanes of at least 4 members (excludes halogenated alkanes) is 1. The first kappa shape index (κ1) is 22.2. The van der Waals surface area contributed by atoms with Gasteiger partial charge < -0.3 is 19.7 Å². The molecule has 146 valence electrons. The summed E-state index contributed by atoms with van der Waals surface area (Å²) in [7, 11) is 0. The molecule has 0 spiro atoms. The van der Waals surface area contributed by atoms with Crippen LogP contribution in [0.15, 0.2) is 24.3 Å². The van der Waals surface area contributed by atoms with Crippen molar-refractivity contribution in [3.8, 4) is 5.75 Å². The first-order chi connectivity index (χ1) is 12.3. The smallest absolute Gasteiger partial charge is 0.414 e. The predicted octanol–water partition coefficient (Wildman–Crippen LogP) is 2.76. The van der Waals surface area contributed by atoms with Gasteiger partial charge in [-0.25, -0.2) is 9.59 Å². The van der Waals surface area contributed by atoms with Crippen molar-refractivity contribution >= 4 is 23.5 Å². The maximum atomic E-state index is 9.10.